The molecule has 2 aromatic carbocycles. The number of benzene rings is 2. The number of hydrogen-bond acceptors (Lipinski definition) is 2. The molecule has 0 amide bonds. The Morgan fingerprint density at radius 3 is 2.30 bits per heavy atom. The van der Waals surface area contributed by atoms with Crippen molar-refractivity contribution in [3.8, 4) is 0 Å². The van der Waals surface area contributed by atoms with E-state index in [1.165, 1.54) is 4.46 Å². The monoisotopic (exact) mass is 448 g/mol. The molecule has 1 aliphatic rings. The van der Waals surface area contributed by atoms with Crippen molar-refractivity contribution < 1.29 is 8.42 Å². The summed E-state index contributed by atoms with van der Waals surface area (Å²) >= 11 is 0.415. The summed E-state index contributed by atoms with van der Waals surface area (Å²) in [6, 6.07) is 17.9. The average molecular weight is 448 g/mol. The molecule has 0 fully saturated rings. The number of sulfone groups is 1. The molecule has 0 N–H and O–H groups in total. The van der Waals surface area contributed by atoms with E-state index in [1.54, 1.807) is 12.1 Å². The molecule has 1 aliphatic carbocycles. The van der Waals surface area contributed by atoms with Gasteiger partial charge in [-0.2, -0.15) is 0 Å². The van der Waals surface area contributed by atoms with E-state index in [0.717, 1.165) is 30.4 Å². The fourth-order valence-electron chi connectivity index (χ4n) is 3.60. The molecule has 144 valence electrons. The fraction of sp³-hybridized carbons (Fsp3) is 0.391. The van der Waals surface area contributed by atoms with Crippen molar-refractivity contribution in [1.82, 2.24) is 0 Å². The predicted octanol–water partition coefficient (Wildman–Crippen LogP) is 4.72. The van der Waals surface area contributed by atoms with Gasteiger partial charge in [0.25, 0.3) is 0 Å². The molecule has 0 saturated carbocycles. The van der Waals surface area contributed by atoms with Crippen LogP contribution >= 0.6 is 0 Å². The third-order valence-corrected chi connectivity index (χ3v) is 9.98. The van der Waals surface area contributed by atoms with Gasteiger partial charge in [0.05, 0.1) is 0 Å². The van der Waals surface area contributed by atoms with Crippen LogP contribution in [0.2, 0.25) is 4.31 Å². The number of rotatable bonds is 6. The van der Waals surface area contributed by atoms with Gasteiger partial charge >= 0.3 is 170 Å². The first-order valence-corrected chi connectivity index (χ1v) is 12.8. The van der Waals surface area contributed by atoms with Crippen LogP contribution in [0, 0.1) is 12.8 Å². The summed E-state index contributed by atoms with van der Waals surface area (Å²) in [5.41, 5.74) is 2.16. The summed E-state index contributed by atoms with van der Waals surface area (Å²) in [5, 5.41) is 0. The van der Waals surface area contributed by atoms with Gasteiger partial charge in [0.2, 0.25) is 0 Å². The molecular formula is C23H28O2SSe. The molecule has 27 heavy (non-hydrogen) atoms. The Balaban J connectivity index is 1.65. The second-order valence-corrected chi connectivity index (χ2v) is 13.5. The normalized spacial score (nSPS) is 18.2. The van der Waals surface area contributed by atoms with Gasteiger partial charge in [0, 0.05) is 0 Å². The van der Waals surface area contributed by atoms with Gasteiger partial charge in [-0.3, -0.25) is 0 Å². The zero-order valence-corrected chi connectivity index (χ0v) is 18.8. The Morgan fingerprint density at radius 1 is 1.04 bits per heavy atom. The molecule has 1 atom stereocenters. The maximum absolute atomic E-state index is 12.7. The van der Waals surface area contributed by atoms with Gasteiger partial charge in [-0.05, 0) is 0 Å². The minimum absolute atomic E-state index is 0.160. The molecule has 2 aromatic rings. The predicted molar refractivity (Wildman–Crippen MR) is 115 cm³/mol. The number of hydrogen-bond donors (Lipinski definition) is 0. The third-order valence-electron chi connectivity index (χ3n) is 5.37. The van der Waals surface area contributed by atoms with Crippen LogP contribution in [0.3, 0.4) is 0 Å². The van der Waals surface area contributed by atoms with E-state index >= 15 is 0 Å². The molecule has 0 bridgehead atoms. The molecule has 3 rings (SSSR count). The van der Waals surface area contributed by atoms with Crippen LogP contribution in [-0.2, 0) is 9.84 Å². The zero-order chi connectivity index (χ0) is 19.5. The Bertz CT molecular complexity index is 897. The Kier molecular flexibility index (Phi) is 6.30. The topological polar surface area (TPSA) is 34.1 Å². The third kappa shape index (κ3) is 5.34. The summed E-state index contributed by atoms with van der Waals surface area (Å²) < 4.78 is 27.1. The van der Waals surface area contributed by atoms with Crippen LogP contribution < -0.4 is 4.46 Å². The fourth-order valence-corrected chi connectivity index (χ4v) is 7.76. The van der Waals surface area contributed by atoms with E-state index in [9.17, 15) is 8.42 Å². The van der Waals surface area contributed by atoms with Crippen molar-refractivity contribution in [3.05, 3.63) is 71.8 Å². The molecule has 0 aliphatic heterocycles. The van der Waals surface area contributed by atoms with Crippen LogP contribution in [0.5, 0.6) is 0 Å². The van der Waals surface area contributed by atoms with Gasteiger partial charge in [-0.1, -0.05) is 0 Å². The van der Waals surface area contributed by atoms with E-state index in [0.29, 0.717) is 25.8 Å². The van der Waals surface area contributed by atoms with Crippen molar-refractivity contribution in [1.29, 1.82) is 0 Å². The number of aryl methyl sites for hydroxylation is 1. The molecule has 0 heterocycles. The summed E-state index contributed by atoms with van der Waals surface area (Å²) in [6.45, 7) is 6.71. The Hall–Kier alpha value is -1.35. The Labute approximate surface area is 170 Å². The molecule has 0 spiro atoms. The van der Waals surface area contributed by atoms with Gasteiger partial charge in [0.1, 0.15) is 0 Å². The Morgan fingerprint density at radius 2 is 1.70 bits per heavy atom. The van der Waals surface area contributed by atoms with E-state index < -0.39 is 9.84 Å². The van der Waals surface area contributed by atoms with Crippen LogP contribution in [-0.4, -0.2) is 29.1 Å². The standard InChI is InChI=1S/C23H28O2SSe/c1-18-9-15-21(16-10-18)26(24,25)17-19-11-13-20(14-12-19)23(2,3)27-22-7-5-4-6-8-22/h4-11,15-16,20H,12-14,17H2,1-3H3. The average Bonchev–Trinajstić information content (AvgIpc) is 2.63. The minimum atomic E-state index is -3.24. The second-order valence-electron chi connectivity index (χ2n) is 7.92. The van der Waals surface area contributed by atoms with E-state index in [2.05, 4.69) is 50.3 Å². The van der Waals surface area contributed by atoms with Crippen LogP contribution in [0.1, 0.15) is 38.7 Å². The van der Waals surface area contributed by atoms with Crippen molar-refractivity contribution in [2.45, 2.75) is 49.2 Å². The molecule has 0 aromatic heterocycles. The SMILES string of the molecule is Cc1ccc(S(=O)(=O)CC2=CCC(C(C)(C)[Se]c3ccccc3)CC2)cc1. The molecule has 2 nitrogen and oxygen atoms in total. The van der Waals surface area contributed by atoms with Crippen molar-refractivity contribution in [3.63, 3.8) is 0 Å². The van der Waals surface area contributed by atoms with Gasteiger partial charge < -0.3 is 0 Å². The van der Waals surface area contributed by atoms with Crippen LogP contribution in [0.25, 0.3) is 0 Å². The summed E-state index contributed by atoms with van der Waals surface area (Å²) in [6.07, 6.45) is 5.16. The van der Waals surface area contributed by atoms with E-state index in [4.69, 9.17) is 0 Å². The molecule has 4 heteroatoms. The number of allylic oxidation sites excluding steroid dienone is 1. The van der Waals surface area contributed by atoms with Crippen molar-refractivity contribution in [2.75, 3.05) is 5.75 Å². The van der Waals surface area contributed by atoms with Gasteiger partial charge in [0.15, 0.2) is 0 Å². The van der Waals surface area contributed by atoms with E-state index in [-0.39, 0.29) is 10.1 Å². The van der Waals surface area contributed by atoms with Gasteiger partial charge in [-0.15, -0.1) is 0 Å². The first-order chi connectivity index (χ1) is 12.8. The molecule has 0 radical (unpaired) electrons. The van der Waals surface area contributed by atoms with Crippen molar-refractivity contribution in [2.24, 2.45) is 5.92 Å². The first-order valence-electron chi connectivity index (χ1n) is 9.48. The molecule has 1 unspecified atom stereocenters. The maximum atomic E-state index is 12.7. The first kappa shape index (κ1) is 20.4. The summed E-state index contributed by atoms with van der Waals surface area (Å²) in [5.74, 6) is 0.774. The van der Waals surface area contributed by atoms with Crippen LogP contribution in [0.15, 0.2) is 71.1 Å². The zero-order valence-electron chi connectivity index (χ0n) is 16.3. The molecular weight excluding hydrogens is 419 g/mol. The van der Waals surface area contributed by atoms with Gasteiger partial charge in [-0.25, -0.2) is 0 Å². The summed E-state index contributed by atoms with van der Waals surface area (Å²) in [7, 11) is -3.24. The van der Waals surface area contributed by atoms with Crippen LogP contribution in [0.4, 0.5) is 0 Å². The summed E-state index contributed by atoms with van der Waals surface area (Å²) in [4.78, 5) is 0.434. The van der Waals surface area contributed by atoms with Crippen molar-refractivity contribution >= 4 is 29.3 Å². The second kappa shape index (κ2) is 8.34. The van der Waals surface area contributed by atoms with E-state index in [1.807, 2.05) is 19.1 Å². The quantitative estimate of drug-likeness (QED) is 0.474. The molecule has 0 saturated heterocycles.